The van der Waals surface area contributed by atoms with Gasteiger partial charge in [-0.2, -0.15) is 0 Å². The fourth-order valence-corrected chi connectivity index (χ4v) is 3.20. The van der Waals surface area contributed by atoms with Gasteiger partial charge in [0.15, 0.2) is 9.84 Å². The minimum absolute atomic E-state index is 0.105. The van der Waals surface area contributed by atoms with E-state index in [0.717, 1.165) is 12.1 Å². The topological polar surface area (TPSA) is 46.2 Å². The van der Waals surface area contributed by atoms with Gasteiger partial charge in [-0.15, -0.1) is 11.3 Å². The molecule has 0 fully saturated rings. The molecule has 1 rings (SSSR count). The smallest absolute Gasteiger partial charge is 0.151 e. The number of nitrogens with one attached hydrogen (secondary N) is 1. The van der Waals surface area contributed by atoms with Crippen molar-refractivity contribution in [3.8, 4) is 0 Å². The molecule has 1 aromatic heterocycles. The molecule has 0 spiro atoms. The second-order valence-electron chi connectivity index (χ2n) is 4.00. The molecule has 3 nitrogen and oxygen atoms in total. The molecule has 0 aliphatic rings. The second-order valence-corrected chi connectivity index (χ2v) is 7.52. The Labute approximate surface area is 102 Å². The average molecular weight is 261 g/mol. The first-order valence-corrected chi connectivity index (χ1v) is 8.17. The van der Waals surface area contributed by atoms with Gasteiger partial charge in [0.05, 0.1) is 5.25 Å². The van der Waals surface area contributed by atoms with Crippen LogP contribution in [0.15, 0.2) is 11.4 Å². The third-order valence-corrected chi connectivity index (χ3v) is 5.29. The Balaban J connectivity index is 3.05. The highest BCUT2D eigenvalue weighted by molar-refractivity contribution is 7.91. The van der Waals surface area contributed by atoms with E-state index in [0.29, 0.717) is 0 Å². The van der Waals surface area contributed by atoms with E-state index in [1.165, 1.54) is 11.1 Å². The van der Waals surface area contributed by atoms with E-state index in [4.69, 9.17) is 0 Å². The minimum Gasteiger partial charge on any atom is -0.309 e. The quantitative estimate of drug-likeness (QED) is 0.883. The SMILES string of the molecule is CCNC(c1ccsc1C)C(C)S(C)(=O)=O. The number of rotatable bonds is 5. The summed E-state index contributed by atoms with van der Waals surface area (Å²) in [6, 6.07) is 1.90. The van der Waals surface area contributed by atoms with Crippen LogP contribution in [0.4, 0.5) is 0 Å². The van der Waals surface area contributed by atoms with Gasteiger partial charge in [-0.1, -0.05) is 6.92 Å². The second kappa shape index (κ2) is 5.29. The van der Waals surface area contributed by atoms with Crippen molar-refractivity contribution in [2.24, 2.45) is 0 Å². The lowest BCUT2D eigenvalue weighted by Gasteiger charge is -2.23. The van der Waals surface area contributed by atoms with Gasteiger partial charge in [0.1, 0.15) is 0 Å². The molecule has 0 amide bonds. The first kappa shape index (κ1) is 13.7. The lowest BCUT2D eigenvalue weighted by molar-refractivity contribution is 0.512. The van der Waals surface area contributed by atoms with Crippen LogP contribution < -0.4 is 5.32 Å². The van der Waals surface area contributed by atoms with Crippen LogP contribution in [-0.2, 0) is 9.84 Å². The van der Waals surface area contributed by atoms with Crippen molar-refractivity contribution in [2.75, 3.05) is 12.8 Å². The van der Waals surface area contributed by atoms with Crippen LogP contribution in [0.3, 0.4) is 0 Å². The first-order valence-electron chi connectivity index (χ1n) is 5.34. The molecular weight excluding hydrogens is 242 g/mol. The summed E-state index contributed by atoms with van der Waals surface area (Å²) in [5.74, 6) is 0. The highest BCUT2D eigenvalue weighted by Crippen LogP contribution is 2.27. The summed E-state index contributed by atoms with van der Waals surface area (Å²) in [7, 11) is -3.02. The summed E-state index contributed by atoms with van der Waals surface area (Å²) in [5, 5.41) is 4.86. The molecule has 2 atom stereocenters. The molecule has 1 heterocycles. The Morgan fingerprint density at radius 3 is 2.50 bits per heavy atom. The van der Waals surface area contributed by atoms with E-state index < -0.39 is 15.1 Å². The van der Waals surface area contributed by atoms with E-state index in [9.17, 15) is 8.42 Å². The van der Waals surface area contributed by atoms with Crippen LogP contribution >= 0.6 is 11.3 Å². The van der Waals surface area contributed by atoms with Gasteiger partial charge >= 0.3 is 0 Å². The molecule has 16 heavy (non-hydrogen) atoms. The zero-order valence-corrected chi connectivity index (χ0v) is 11.8. The van der Waals surface area contributed by atoms with Crippen molar-refractivity contribution < 1.29 is 8.42 Å². The fourth-order valence-electron chi connectivity index (χ4n) is 1.71. The average Bonchev–Trinajstić information content (AvgIpc) is 2.58. The zero-order chi connectivity index (χ0) is 12.3. The Bertz CT molecular complexity index is 437. The first-order chi connectivity index (χ1) is 7.38. The summed E-state index contributed by atoms with van der Waals surface area (Å²) in [5.41, 5.74) is 1.10. The van der Waals surface area contributed by atoms with Crippen LogP contribution in [0, 0.1) is 6.92 Å². The van der Waals surface area contributed by atoms with E-state index in [1.54, 1.807) is 18.3 Å². The zero-order valence-electron chi connectivity index (χ0n) is 10.1. The molecule has 0 bridgehead atoms. The van der Waals surface area contributed by atoms with Gasteiger partial charge in [0, 0.05) is 17.2 Å². The summed E-state index contributed by atoms with van der Waals surface area (Å²) >= 11 is 1.65. The highest BCUT2D eigenvalue weighted by atomic mass is 32.2. The standard InChI is InChI=1S/C11H19NO2S2/c1-5-12-11(9(3)16(4,13)14)10-6-7-15-8(10)2/h6-7,9,11-12H,5H2,1-4H3. The summed E-state index contributed by atoms with van der Waals surface area (Å²) < 4.78 is 23.2. The van der Waals surface area contributed by atoms with Gasteiger partial charge in [0.25, 0.3) is 0 Å². The van der Waals surface area contributed by atoms with Gasteiger partial charge in [-0.05, 0) is 37.4 Å². The lowest BCUT2D eigenvalue weighted by atomic mass is 10.1. The number of aryl methyl sites for hydroxylation is 1. The third kappa shape index (κ3) is 3.06. The van der Waals surface area contributed by atoms with Crippen LogP contribution in [0.2, 0.25) is 0 Å². The molecule has 5 heteroatoms. The minimum atomic E-state index is -3.02. The largest absolute Gasteiger partial charge is 0.309 e. The van der Waals surface area contributed by atoms with E-state index in [1.807, 2.05) is 25.3 Å². The Hall–Kier alpha value is -0.390. The molecule has 0 aliphatic carbocycles. The van der Waals surface area contributed by atoms with Crippen LogP contribution in [0.1, 0.15) is 30.3 Å². The number of hydrogen-bond donors (Lipinski definition) is 1. The molecule has 0 saturated heterocycles. The Morgan fingerprint density at radius 1 is 1.50 bits per heavy atom. The maximum atomic E-state index is 11.6. The van der Waals surface area contributed by atoms with Crippen LogP contribution in [0.25, 0.3) is 0 Å². The van der Waals surface area contributed by atoms with Crippen molar-refractivity contribution in [1.82, 2.24) is 5.32 Å². The molecule has 1 aromatic rings. The predicted octanol–water partition coefficient (Wildman–Crippen LogP) is 2.14. The Morgan fingerprint density at radius 2 is 2.12 bits per heavy atom. The summed E-state index contributed by atoms with van der Waals surface area (Å²) in [6.07, 6.45) is 1.30. The summed E-state index contributed by atoms with van der Waals surface area (Å²) in [4.78, 5) is 1.18. The van der Waals surface area contributed by atoms with Crippen LogP contribution in [-0.4, -0.2) is 26.5 Å². The molecular formula is C11H19NO2S2. The molecule has 0 aliphatic heterocycles. The predicted molar refractivity (Wildman–Crippen MR) is 69.8 cm³/mol. The third-order valence-electron chi connectivity index (χ3n) is 2.80. The Kier molecular flexibility index (Phi) is 4.52. The molecule has 1 N–H and O–H groups in total. The van der Waals surface area contributed by atoms with E-state index in [2.05, 4.69) is 5.32 Å². The van der Waals surface area contributed by atoms with Crippen molar-refractivity contribution in [1.29, 1.82) is 0 Å². The van der Waals surface area contributed by atoms with E-state index in [-0.39, 0.29) is 6.04 Å². The maximum Gasteiger partial charge on any atom is 0.151 e. The number of hydrogen-bond acceptors (Lipinski definition) is 4. The van der Waals surface area contributed by atoms with E-state index >= 15 is 0 Å². The molecule has 92 valence electrons. The van der Waals surface area contributed by atoms with Crippen LogP contribution in [0.5, 0.6) is 0 Å². The van der Waals surface area contributed by atoms with Crippen molar-refractivity contribution in [2.45, 2.75) is 32.1 Å². The normalized spacial score (nSPS) is 16.0. The number of thiophene rings is 1. The van der Waals surface area contributed by atoms with Gasteiger partial charge in [0.2, 0.25) is 0 Å². The molecule has 0 aromatic carbocycles. The monoisotopic (exact) mass is 261 g/mol. The molecule has 2 unspecified atom stereocenters. The highest BCUT2D eigenvalue weighted by Gasteiger charge is 2.27. The maximum absolute atomic E-state index is 11.6. The summed E-state index contributed by atoms with van der Waals surface area (Å²) in [6.45, 7) is 6.54. The van der Waals surface area contributed by atoms with Crippen molar-refractivity contribution in [3.63, 3.8) is 0 Å². The van der Waals surface area contributed by atoms with Crippen molar-refractivity contribution >= 4 is 21.2 Å². The molecule has 0 saturated carbocycles. The molecule has 0 radical (unpaired) electrons. The lowest BCUT2D eigenvalue weighted by Crippen LogP contribution is -2.35. The van der Waals surface area contributed by atoms with Crippen molar-refractivity contribution in [3.05, 3.63) is 21.9 Å². The fraction of sp³-hybridized carbons (Fsp3) is 0.636. The number of sulfone groups is 1. The van der Waals surface area contributed by atoms with Gasteiger partial charge in [-0.25, -0.2) is 8.42 Å². The van der Waals surface area contributed by atoms with Gasteiger partial charge in [-0.3, -0.25) is 0 Å². The van der Waals surface area contributed by atoms with Gasteiger partial charge < -0.3 is 5.32 Å².